The van der Waals surface area contributed by atoms with Gasteiger partial charge in [0.2, 0.25) is 5.91 Å². The van der Waals surface area contributed by atoms with Crippen LogP contribution in [0, 0.1) is 0 Å². The average molecular weight is 432 g/mol. The molecular weight excluding hydrogens is 398 g/mol. The van der Waals surface area contributed by atoms with Gasteiger partial charge in [0.15, 0.2) is 11.5 Å². The van der Waals surface area contributed by atoms with Crippen LogP contribution in [-0.4, -0.2) is 85.4 Å². The van der Waals surface area contributed by atoms with Crippen molar-refractivity contribution in [2.45, 2.75) is 45.1 Å². The molecule has 0 spiro atoms. The minimum absolute atomic E-state index is 0.0189. The van der Waals surface area contributed by atoms with Gasteiger partial charge in [0.25, 0.3) is 0 Å². The van der Waals surface area contributed by atoms with Crippen LogP contribution in [0.25, 0.3) is 0 Å². The molecule has 0 N–H and O–H groups in total. The monoisotopic (exact) mass is 431 g/mol. The summed E-state index contributed by atoms with van der Waals surface area (Å²) in [6, 6.07) is 6.03. The van der Waals surface area contributed by atoms with E-state index in [1.165, 1.54) is 9.80 Å². The van der Waals surface area contributed by atoms with Crippen LogP contribution in [0.1, 0.15) is 38.2 Å². The average Bonchev–Trinajstić information content (AvgIpc) is 2.80. The van der Waals surface area contributed by atoms with E-state index in [9.17, 15) is 14.4 Å². The Morgan fingerprint density at radius 1 is 1.00 bits per heavy atom. The molecule has 8 nitrogen and oxygen atoms in total. The van der Waals surface area contributed by atoms with Crippen molar-refractivity contribution in [2.24, 2.45) is 0 Å². The fourth-order valence-corrected chi connectivity index (χ4v) is 4.42. The van der Waals surface area contributed by atoms with Crippen molar-refractivity contribution in [1.29, 1.82) is 0 Å². The van der Waals surface area contributed by atoms with Crippen LogP contribution < -0.4 is 9.47 Å². The zero-order chi connectivity index (χ0) is 22.4. The molecule has 2 saturated heterocycles. The lowest BCUT2D eigenvalue weighted by molar-refractivity contribution is -0.158. The second-order valence-corrected chi connectivity index (χ2v) is 8.08. The van der Waals surface area contributed by atoms with Gasteiger partial charge >= 0.3 is 11.8 Å². The Morgan fingerprint density at radius 3 is 2.42 bits per heavy atom. The maximum Gasteiger partial charge on any atom is 0.312 e. The number of aryl methyl sites for hydroxylation is 1. The van der Waals surface area contributed by atoms with Crippen molar-refractivity contribution >= 4 is 17.7 Å². The number of likely N-dealkylation sites (N-methyl/N-ethyl adjacent to an activating group) is 1. The lowest BCUT2D eigenvalue weighted by atomic mass is 9.95. The van der Waals surface area contributed by atoms with E-state index in [2.05, 4.69) is 0 Å². The van der Waals surface area contributed by atoms with E-state index in [0.29, 0.717) is 37.7 Å². The Hall–Kier alpha value is -2.77. The van der Waals surface area contributed by atoms with Gasteiger partial charge in [-0.15, -0.1) is 0 Å². The molecule has 0 bridgehead atoms. The van der Waals surface area contributed by atoms with Gasteiger partial charge in [0.05, 0.1) is 14.2 Å². The highest BCUT2D eigenvalue weighted by molar-refractivity contribution is 6.35. The van der Waals surface area contributed by atoms with Gasteiger partial charge in [-0.2, -0.15) is 0 Å². The number of methoxy groups -OCH3 is 2. The summed E-state index contributed by atoms with van der Waals surface area (Å²) in [5, 5.41) is 0. The first kappa shape index (κ1) is 22.9. The molecule has 2 aliphatic heterocycles. The predicted molar refractivity (Wildman–Crippen MR) is 116 cm³/mol. The Morgan fingerprint density at radius 2 is 1.71 bits per heavy atom. The van der Waals surface area contributed by atoms with Crippen molar-refractivity contribution in [3.05, 3.63) is 23.8 Å². The molecule has 8 heteroatoms. The molecule has 1 aromatic rings. The first-order chi connectivity index (χ1) is 15.0. The van der Waals surface area contributed by atoms with Gasteiger partial charge in [0.1, 0.15) is 6.54 Å². The number of benzene rings is 1. The highest BCUT2D eigenvalue weighted by atomic mass is 16.5. The molecule has 1 atom stereocenters. The van der Waals surface area contributed by atoms with Crippen LogP contribution in [0.2, 0.25) is 0 Å². The number of ether oxygens (including phenoxy) is 2. The lowest BCUT2D eigenvalue weighted by Gasteiger charge is -2.38. The summed E-state index contributed by atoms with van der Waals surface area (Å²) in [6.07, 6.45) is 4.68. The molecule has 1 unspecified atom stereocenters. The Balaban J connectivity index is 1.60. The molecule has 0 aromatic heterocycles. The highest BCUT2D eigenvalue weighted by Gasteiger charge is 2.35. The third kappa shape index (κ3) is 5.29. The first-order valence-electron chi connectivity index (χ1n) is 11.1. The summed E-state index contributed by atoms with van der Waals surface area (Å²) in [4.78, 5) is 42.4. The normalized spacial score (nSPS) is 19.6. The minimum Gasteiger partial charge on any atom is -0.493 e. The van der Waals surface area contributed by atoms with Crippen LogP contribution in [0.15, 0.2) is 18.2 Å². The number of carbonyl (C=O) groups is 3. The van der Waals surface area contributed by atoms with Crippen LogP contribution in [0.3, 0.4) is 0 Å². The molecule has 2 heterocycles. The summed E-state index contributed by atoms with van der Waals surface area (Å²) in [6.45, 7) is 3.94. The Bertz CT molecular complexity index is 812. The van der Waals surface area contributed by atoms with Crippen molar-refractivity contribution < 1.29 is 23.9 Å². The fourth-order valence-electron chi connectivity index (χ4n) is 4.42. The van der Waals surface area contributed by atoms with E-state index in [4.69, 9.17) is 9.47 Å². The van der Waals surface area contributed by atoms with Crippen LogP contribution in [-0.2, 0) is 20.8 Å². The topological polar surface area (TPSA) is 79.4 Å². The van der Waals surface area contributed by atoms with E-state index in [1.54, 1.807) is 14.2 Å². The number of nitrogens with zero attached hydrogens (tertiary/aromatic N) is 3. The van der Waals surface area contributed by atoms with Crippen molar-refractivity contribution in [3.63, 3.8) is 0 Å². The largest absolute Gasteiger partial charge is 0.493 e. The summed E-state index contributed by atoms with van der Waals surface area (Å²) >= 11 is 0. The minimum atomic E-state index is -0.569. The molecule has 3 rings (SSSR count). The molecule has 1 aromatic carbocycles. The summed E-state index contributed by atoms with van der Waals surface area (Å²) < 4.78 is 10.7. The molecule has 2 aliphatic rings. The second-order valence-electron chi connectivity index (χ2n) is 8.08. The quantitative estimate of drug-likeness (QED) is 0.586. The molecule has 0 saturated carbocycles. The number of likely N-dealkylation sites (tertiary alicyclic amines) is 1. The van der Waals surface area contributed by atoms with E-state index in [-0.39, 0.29) is 18.5 Å². The van der Waals surface area contributed by atoms with E-state index in [0.717, 1.165) is 37.7 Å². The number of carbonyl (C=O) groups excluding carboxylic acids is 3. The van der Waals surface area contributed by atoms with Gasteiger partial charge in [-0.3, -0.25) is 14.4 Å². The summed E-state index contributed by atoms with van der Waals surface area (Å²) in [5.41, 5.74) is 1.13. The number of piperidine rings is 1. The lowest BCUT2D eigenvalue weighted by Crippen LogP contribution is -2.57. The standard InChI is InChI=1S/C23H33N3O5/c1-4-24-13-14-25(23(29)22(24)28)16-21(27)26-12-6-5-7-18(26)10-8-17-9-11-19(30-2)20(15-17)31-3/h9,11,15,18H,4-8,10,12-14,16H2,1-3H3. The Kier molecular flexibility index (Phi) is 7.76. The Labute approximate surface area is 184 Å². The van der Waals surface area contributed by atoms with Gasteiger partial charge in [-0.05, 0) is 56.7 Å². The zero-order valence-corrected chi connectivity index (χ0v) is 18.8. The van der Waals surface area contributed by atoms with Crippen LogP contribution >= 0.6 is 0 Å². The second kappa shape index (κ2) is 10.5. The van der Waals surface area contributed by atoms with E-state index in [1.807, 2.05) is 30.0 Å². The molecule has 3 amide bonds. The highest BCUT2D eigenvalue weighted by Crippen LogP contribution is 2.29. The third-order valence-corrected chi connectivity index (χ3v) is 6.27. The number of piperazine rings is 1. The van der Waals surface area contributed by atoms with Crippen molar-refractivity contribution in [2.75, 3.05) is 46.9 Å². The number of amides is 3. The van der Waals surface area contributed by atoms with Gasteiger partial charge in [-0.1, -0.05) is 6.07 Å². The molecular formula is C23H33N3O5. The predicted octanol–water partition coefficient (Wildman–Crippen LogP) is 1.71. The smallest absolute Gasteiger partial charge is 0.312 e. The molecule has 31 heavy (non-hydrogen) atoms. The van der Waals surface area contributed by atoms with Crippen LogP contribution in [0.5, 0.6) is 11.5 Å². The van der Waals surface area contributed by atoms with Gasteiger partial charge in [0, 0.05) is 32.2 Å². The maximum atomic E-state index is 13.0. The number of rotatable bonds is 8. The molecule has 2 fully saturated rings. The van der Waals surface area contributed by atoms with E-state index < -0.39 is 11.8 Å². The molecule has 0 radical (unpaired) electrons. The SMILES string of the molecule is CCN1CCN(CC(=O)N2CCCCC2CCc2ccc(OC)c(OC)c2)C(=O)C1=O. The van der Waals surface area contributed by atoms with Crippen LogP contribution in [0.4, 0.5) is 0 Å². The van der Waals surface area contributed by atoms with E-state index >= 15 is 0 Å². The summed E-state index contributed by atoms with van der Waals surface area (Å²) in [5.74, 6) is 0.253. The molecule has 0 aliphatic carbocycles. The van der Waals surface area contributed by atoms with Gasteiger partial charge in [-0.25, -0.2) is 0 Å². The summed E-state index contributed by atoms with van der Waals surface area (Å²) in [7, 11) is 3.24. The molecule has 170 valence electrons. The zero-order valence-electron chi connectivity index (χ0n) is 18.8. The third-order valence-electron chi connectivity index (χ3n) is 6.27. The van der Waals surface area contributed by atoms with Crippen molar-refractivity contribution in [3.8, 4) is 11.5 Å². The maximum absolute atomic E-state index is 13.0. The fraction of sp³-hybridized carbons (Fsp3) is 0.609. The number of hydrogen-bond donors (Lipinski definition) is 0. The van der Waals surface area contributed by atoms with Gasteiger partial charge < -0.3 is 24.2 Å². The first-order valence-corrected chi connectivity index (χ1v) is 11.1. The number of hydrogen-bond acceptors (Lipinski definition) is 5. The van der Waals surface area contributed by atoms with Crippen molar-refractivity contribution in [1.82, 2.24) is 14.7 Å².